The number of benzene rings is 1. The molecular formula is C14H19BrN2O4. The van der Waals surface area contributed by atoms with Gasteiger partial charge < -0.3 is 20.5 Å². The van der Waals surface area contributed by atoms with Crippen molar-refractivity contribution < 1.29 is 19.4 Å². The van der Waals surface area contributed by atoms with Crippen LogP contribution in [0.3, 0.4) is 0 Å². The Morgan fingerprint density at radius 2 is 2.14 bits per heavy atom. The highest BCUT2D eigenvalue weighted by Gasteiger charge is 2.13. The zero-order valence-corrected chi connectivity index (χ0v) is 13.6. The topological polar surface area (TPSA) is 87.7 Å². The lowest BCUT2D eigenvalue weighted by Crippen LogP contribution is -2.40. The third kappa shape index (κ3) is 5.73. The van der Waals surface area contributed by atoms with E-state index in [0.29, 0.717) is 16.8 Å². The Balaban J connectivity index is 2.67. The molecule has 0 aliphatic heterocycles. The molecule has 1 atom stereocenters. The molecule has 0 aromatic heterocycles. The van der Waals surface area contributed by atoms with Crippen molar-refractivity contribution in [1.82, 2.24) is 5.32 Å². The fourth-order valence-electron chi connectivity index (χ4n) is 1.84. The highest BCUT2D eigenvalue weighted by molar-refractivity contribution is 9.10. The van der Waals surface area contributed by atoms with Crippen molar-refractivity contribution in [2.75, 3.05) is 19.0 Å². The van der Waals surface area contributed by atoms with E-state index in [2.05, 4.69) is 26.6 Å². The van der Waals surface area contributed by atoms with Crippen LogP contribution < -0.4 is 10.6 Å². The Labute approximate surface area is 132 Å². The predicted octanol–water partition coefficient (Wildman–Crippen LogP) is 3.08. The van der Waals surface area contributed by atoms with Crippen molar-refractivity contribution in [2.24, 2.45) is 0 Å². The Kier molecular flexibility index (Phi) is 7.18. The largest absolute Gasteiger partial charge is 0.478 e. The first-order valence-electron chi connectivity index (χ1n) is 6.57. The number of hydrogen-bond donors (Lipinski definition) is 3. The quantitative estimate of drug-likeness (QED) is 0.698. The van der Waals surface area contributed by atoms with Gasteiger partial charge in [0.2, 0.25) is 0 Å². The van der Waals surface area contributed by atoms with Gasteiger partial charge >= 0.3 is 12.0 Å². The maximum atomic E-state index is 11.9. The van der Waals surface area contributed by atoms with Crippen LogP contribution in [0.15, 0.2) is 22.7 Å². The average Bonchev–Trinajstić information content (AvgIpc) is 2.41. The first-order valence-corrected chi connectivity index (χ1v) is 7.36. The van der Waals surface area contributed by atoms with Crippen LogP contribution >= 0.6 is 15.9 Å². The minimum atomic E-state index is -1.02. The van der Waals surface area contributed by atoms with Gasteiger partial charge in [0.15, 0.2) is 0 Å². The Hall–Kier alpha value is -1.60. The number of carbonyl (C=O) groups is 2. The fraction of sp³-hybridized carbons (Fsp3) is 0.429. The summed E-state index contributed by atoms with van der Waals surface area (Å²) in [5, 5.41) is 14.4. The number of rotatable bonds is 7. The number of carboxylic acid groups (broad SMARTS) is 1. The van der Waals surface area contributed by atoms with Crippen molar-refractivity contribution in [1.29, 1.82) is 0 Å². The second-order valence-corrected chi connectivity index (χ2v) is 5.39. The molecule has 7 heteroatoms. The standard InChI is InChI=1S/C14H19BrN2O4/c1-3-4-10(8-21-2)16-14(20)17-12-6-5-9(13(18)19)7-11(12)15/h5-7,10H,3-4,8H2,1-2H3,(H,18,19)(H2,16,17,20). The molecular weight excluding hydrogens is 340 g/mol. The first kappa shape index (κ1) is 17.5. The minimum absolute atomic E-state index is 0.0583. The number of aromatic carboxylic acids is 1. The van der Waals surface area contributed by atoms with Crippen molar-refractivity contribution in [3.8, 4) is 0 Å². The summed E-state index contributed by atoms with van der Waals surface area (Å²) in [5.74, 6) is -1.02. The van der Waals surface area contributed by atoms with E-state index in [-0.39, 0.29) is 17.6 Å². The van der Waals surface area contributed by atoms with Crippen LogP contribution in [0.25, 0.3) is 0 Å². The number of halogens is 1. The molecule has 1 aromatic carbocycles. The van der Waals surface area contributed by atoms with Gasteiger partial charge in [-0.15, -0.1) is 0 Å². The van der Waals surface area contributed by atoms with Crippen LogP contribution in [-0.2, 0) is 4.74 Å². The van der Waals surface area contributed by atoms with Gasteiger partial charge in [-0.25, -0.2) is 9.59 Å². The lowest BCUT2D eigenvalue weighted by molar-refractivity contribution is 0.0697. The number of urea groups is 1. The molecule has 0 aliphatic rings. The summed E-state index contributed by atoms with van der Waals surface area (Å²) in [6.45, 7) is 2.48. The lowest BCUT2D eigenvalue weighted by Gasteiger charge is -2.18. The molecule has 6 nitrogen and oxygen atoms in total. The zero-order chi connectivity index (χ0) is 15.8. The second kappa shape index (κ2) is 8.63. The monoisotopic (exact) mass is 358 g/mol. The van der Waals surface area contributed by atoms with Crippen LogP contribution in [0.5, 0.6) is 0 Å². The van der Waals surface area contributed by atoms with E-state index in [1.807, 2.05) is 6.92 Å². The van der Waals surface area contributed by atoms with E-state index in [1.165, 1.54) is 18.2 Å². The smallest absolute Gasteiger partial charge is 0.335 e. The minimum Gasteiger partial charge on any atom is -0.478 e. The van der Waals surface area contributed by atoms with Crippen LogP contribution in [0.1, 0.15) is 30.1 Å². The molecule has 0 fully saturated rings. The van der Waals surface area contributed by atoms with E-state index in [9.17, 15) is 9.59 Å². The van der Waals surface area contributed by atoms with Gasteiger partial charge in [0.25, 0.3) is 0 Å². The van der Waals surface area contributed by atoms with Gasteiger partial charge in [-0.05, 0) is 40.5 Å². The third-order valence-electron chi connectivity index (χ3n) is 2.80. The number of ether oxygens (including phenoxy) is 1. The first-order chi connectivity index (χ1) is 9.97. The fourth-order valence-corrected chi connectivity index (χ4v) is 2.32. The highest BCUT2D eigenvalue weighted by Crippen LogP contribution is 2.23. The number of methoxy groups -OCH3 is 1. The molecule has 1 unspecified atom stereocenters. The maximum Gasteiger partial charge on any atom is 0.335 e. The van der Waals surface area contributed by atoms with Gasteiger partial charge in [-0.3, -0.25) is 0 Å². The lowest BCUT2D eigenvalue weighted by atomic mass is 10.2. The number of anilines is 1. The van der Waals surface area contributed by atoms with Crippen LogP contribution in [0, 0.1) is 0 Å². The number of carbonyl (C=O) groups excluding carboxylic acids is 1. The molecule has 0 radical (unpaired) electrons. The summed E-state index contributed by atoms with van der Waals surface area (Å²) >= 11 is 3.24. The Bertz CT molecular complexity index is 502. The van der Waals surface area contributed by atoms with E-state index in [4.69, 9.17) is 9.84 Å². The molecule has 0 saturated carbocycles. The molecule has 0 heterocycles. The number of amides is 2. The summed E-state index contributed by atoms with van der Waals surface area (Å²) in [6.07, 6.45) is 1.76. The van der Waals surface area contributed by atoms with Gasteiger partial charge in [-0.2, -0.15) is 0 Å². The van der Waals surface area contributed by atoms with Crippen molar-refractivity contribution in [2.45, 2.75) is 25.8 Å². The molecule has 2 amide bonds. The molecule has 21 heavy (non-hydrogen) atoms. The predicted molar refractivity (Wildman–Crippen MR) is 83.8 cm³/mol. The SMILES string of the molecule is CCCC(COC)NC(=O)Nc1ccc(C(=O)O)cc1Br. The summed E-state index contributed by atoms with van der Waals surface area (Å²) in [7, 11) is 1.59. The van der Waals surface area contributed by atoms with Crippen molar-refractivity contribution in [3.63, 3.8) is 0 Å². The Morgan fingerprint density at radius 1 is 1.43 bits per heavy atom. The number of hydrogen-bond acceptors (Lipinski definition) is 3. The molecule has 0 spiro atoms. The van der Waals surface area contributed by atoms with Gasteiger partial charge in [0.05, 0.1) is 23.9 Å². The number of nitrogens with one attached hydrogen (secondary N) is 2. The van der Waals surface area contributed by atoms with E-state index in [1.54, 1.807) is 7.11 Å². The molecule has 0 aliphatic carbocycles. The zero-order valence-electron chi connectivity index (χ0n) is 12.0. The van der Waals surface area contributed by atoms with Gasteiger partial charge in [-0.1, -0.05) is 13.3 Å². The van der Waals surface area contributed by atoms with Crippen molar-refractivity contribution in [3.05, 3.63) is 28.2 Å². The van der Waals surface area contributed by atoms with Crippen molar-refractivity contribution >= 4 is 33.6 Å². The van der Waals surface area contributed by atoms with E-state index >= 15 is 0 Å². The maximum absolute atomic E-state index is 11.9. The molecule has 3 N–H and O–H groups in total. The van der Waals surface area contributed by atoms with Crippen LogP contribution in [0.4, 0.5) is 10.5 Å². The summed E-state index contributed by atoms with van der Waals surface area (Å²) < 4.78 is 5.57. The Morgan fingerprint density at radius 3 is 2.67 bits per heavy atom. The molecule has 1 aromatic rings. The summed E-state index contributed by atoms with van der Waals surface area (Å²) in [6, 6.07) is 4.00. The highest BCUT2D eigenvalue weighted by atomic mass is 79.9. The third-order valence-corrected chi connectivity index (χ3v) is 3.46. The molecule has 116 valence electrons. The normalized spacial score (nSPS) is 11.8. The molecule has 0 bridgehead atoms. The van der Waals surface area contributed by atoms with Gasteiger partial charge in [0, 0.05) is 11.6 Å². The second-order valence-electron chi connectivity index (χ2n) is 4.54. The summed E-state index contributed by atoms with van der Waals surface area (Å²) in [4.78, 5) is 22.8. The number of carboxylic acids is 1. The van der Waals surface area contributed by atoms with E-state index < -0.39 is 5.97 Å². The average molecular weight is 359 g/mol. The van der Waals surface area contributed by atoms with Crippen LogP contribution in [-0.4, -0.2) is 36.9 Å². The van der Waals surface area contributed by atoms with E-state index in [0.717, 1.165) is 12.8 Å². The van der Waals surface area contributed by atoms with Gasteiger partial charge in [0.1, 0.15) is 0 Å². The molecule has 0 saturated heterocycles. The molecule has 1 rings (SSSR count). The summed E-state index contributed by atoms with van der Waals surface area (Å²) in [5.41, 5.74) is 0.654. The van der Waals surface area contributed by atoms with Crippen LogP contribution in [0.2, 0.25) is 0 Å².